The molecule has 1 unspecified atom stereocenters. The van der Waals surface area contributed by atoms with Gasteiger partial charge in [-0.05, 0) is 6.92 Å². The molecule has 2 aliphatic heterocycles. The number of nitrogens with zero attached hydrogens (tertiary/aromatic N) is 1. The van der Waals surface area contributed by atoms with E-state index in [1.807, 2.05) is 0 Å². The summed E-state index contributed by atoms with van der Waals surface area (Å²) in [7, 11) is 0. The van der Waals surface area contributed by atoms with Crippen LogP contribution < -0.4 is 0 Å². The Morgan fingerprint density at radius 1 is 1.29 bits per heavy atom. The fourth-order valence-electron chi connectivity index (χ4n) is 3.72. The molecule has 90 valence electrons. The Morgan fingerprint density at radius 3 is 2.82 bits per heavy atom. The molecule has 3 rings (SSSR count). The van der Waals surface area contributed by atoms with Gasteiger partial charge in [-0.15, -0.1) is 0 Å². The standard InChI is InChI=1S/C15H20NO/c1-12(14-5-3-2-4-6-14)16-8-7-13(10-16)9-15(17)11-16/h2-6,12-13H,7-11H2,1H3/q+1/t12-,13-,16?/m0/s1. The van der Waals surface area contributed by atoms with Gasteiger partial charge in [0.2, 0.25) is 0 Å². The van der Waals surface area contributed by atoms with Gasteiger partial charge in [0.25, 0.3) is 0 Å². The highest BCUT2D eigenvalue weighted by Gasteiger charge is 2.48. The van der Waals surface area contributed by atoms with E-state index in [1.165, 1.54) is 25.1 Å². The molecule has 17 heavy (non-hydrogen) atoms. The van der Waals surface area contributed by atoms with Crippen LogP contribution in [-0.4, -0.2) is 29.9 Å². The molecule has 0 aromatic heterocycles. The highest BCUT2D eigenvalue weighted by molar-refractivity contribution is 5.80. The number of piperidine rings is 1. The van der Waals surface area contributed by atoms with Crippen LogP contribution >= 0.6 is 0 Å². The fourth-order valence-corrected chi connectivity index (χ4v) is 3.72. The highest BCUT2D eigenvalue weighted by atomic mass is 16.1. The molecule has 0 N–H and O–H groups in total. The SMILES string of the molecule is C[C@@H](c1ccccc1)[N+]12CC[C@@H](CC(=O)C1)C2. The monoisotopic (exact) mass is 230 g/mol. The van der Waals surface area contributed by atoms with E-state index in [0.29, 0.717) is 17.7 Å². The van der Waals surface area contributed by atoms with E-state index < -0.39 is 0 Å². The number of hydrogen-bond acceptors (Lipinski definition) is 1. The van der Waals surface area contributed by atoms with Crippen LogP contribution in [0.2, 0.25) is 0 Å². The van der Waals surface area contributed by atoms with Crippen LogP contribution in [0.3, 0.4) is 0 Å². The molecular weight excluding hydrogens is 210 g/mol. The minimum absolute atomic E-state index is 0.463. The molecule has 2 heterocycles. The molecule has 2 heteroatoms. The summed E-state index contributed by atoms with van der Waals surface area (Å²) < 4.78 is 1.01. The van der Waals surface area contributed by atoms with Gasteiger partial charge >= 0.3 is 0 Å². The largest absolute Gasteiger partial charge is 0.311 e. The lowest BCUT2D eigenvalue weighted by atomic mass is 9.96. The molecule has 2 saturated heterocycles. The molecule has 0 radical (unpaired) electrons. The Morgan fingerprint density at radius 2 is 2.06 bits per heavy atom. The number of carbonyl (C=O) groups is 1. The van der Waals surface area contributed by atoms with Gasteiger partial charge in [0.1, 0.15) is 12.6 Å². The van der Waals surface area contributed by atoms with Crippen molar-refractivity contribution in [1.29, 1.82) is 0 Å². The third-order valence-electron chi connectivity index (χ3n) is 4.72. The van der Waals surface area contributed by atoms with Crippen molar-refractivity contribution < 1.29 is 9.28 Å². The zero-order valence-corrected chi connectivity index (χ0v) is 10.4. The van der Waals surface area contributed by atoms with Gasteiger partial charge in [-0.25, -0.2) is 0 Å². The van der Waals surface area contributed by atoms with E-state index >= 15 is 0 Å². The predicted octanol–water partition coefficient (Wildman–Crippen LogP) is 2.56. The smallest absolute Gasteiger partial charge is 0.187 e. The lowest BCUT2D eigenvalue weighted by Gasteiger charge is -2.42. The summed E-state index contributed by atoms with van der Waals surface area (Å²) in [5, 5.41) is 0. The number of benzene rings is 1. The minimum Gasteiger partial charge on any atom is -0.311 e. The Balaban J connectivity index is 1.90. The number of ketones is 1. The molecule has 2 bridgehead atoms. The maximum Gasteiger partial charge on any atom is 0.187 e. The van der Waals surface area contributed by atoms with E-state index in [2.05, 4.69) is 37.3 Å². The zero-order valence-electron chi connectivity index (χ0n) is 10.4. The van der Waals surface area contributed by atoms with Gasteiger partial charge in [-0.2, -0.15) is 0 Å². The van der Waals surface area contributed by atoms with Gasteiger partial charge in [0, 0.05) is 24.3 Å². The molecule has 1 aromatic carbocycles. The number of rotatable bonds is 2. The van der Waals surface area contributed by atoms with Crippen LogP contribution in [0.1, 0.15) is 31.4 Å². The van der Waals surface area contributed by atoms with Crippen molar-refractivity contribution in [3.8, 4) is 0 Å². The minimum atomic E-state index is 0.463. The molecule has 0 aliphatic carbocycles. The second-order valence-corrected chi connectivity index (χ2v) is 5.77. The van der Waals surface area contributed by atoms with Gasteiger partial charge in [-0.1, -0.05) is 30.3 Å². The van der Waals surface area contributed by atoms with Crippen molar-refractivity contribution in [3.63, 3.8) is 0 Å². The summed E-state index contributed by atoms with van der Waals surface area (Å²) in [5.74, 6) is 1.13. The zero-order chi connectivity index (χ0) is 11.9. The molecule has 0 saturated carbocycles. The van der Waals surface area contributed by atoms with Gasteiger partial charge in [-0.3, -0.25) is 4.79 Å². The average molecular weight is 230 g/mol. The Hall–Kier alpha value is -1.15. The average Bonchev–Trinajstić information content (AvgIpc) is 2.66. The number of carbonyl (C=O) groups excluding carboxylic acids is 1. The molecule has 2 aliphatic rings. The summed E-state index contributed by atoms with van der Waals surface area (Å²) in [4.78, 5) is 11.8. The number of quaternary nitrogens is 1. The normalized spacial score (nSPS) is 33.7. The maximum atomic E-state index is 11.8. The van der Waals surface area contributed by atoms with Gasteiger partial charge in [0.15, 0.2) is 5.78 Å². The molecule has 0 amide bonds. The Bertz CT molecular complexity index is 428. The van der Waals surface area contributed by atoms with Crippen molar-refractivity contribution >= 4 is 5.78 Å². The van der Waals surface area contributed by atoms with Crippen molar-refractivity contribution in [3.05, 3.63) is 35.9 Å². The highest BCUT2D eigenvalue weighted by Crippen LogP contribution is 2.40. The van der Waals surface area contributed by atoms with E-state index in [1.54, 1.807) is 0 Å². The number of fused-ring (bicyclic) bond motifs is 2. The van der Waals surface area contributed by atoms with E-state index in [4.69, 9.17) is 0 Å². The van der Waals surface area contributed by atoms with Crippen LogP contribution in [0.5, 0.6) is 0 Å². The first-order valence-corrected chi connectivity index (χ1v) is 6.62. The van der Waals surface area contributed by atoms with E-state index in [-0.39, 0.29) is 0 Å². The van der Waals surface area contributed by atoms with Crippen molar-refractivity contribution in [1.82, 2.24) is 0 Å². The lowest BCUT2D eigenvalue weighted by Crippen LogP contribution is -2.53. The number of Topliss-reactive ketones (excluding diaryl/α,β-unsaturated/α-hetero) is 1. The van der Waals surface area contributed by atoms with E-state index in [9.17, 15) is 4.79 Å². The molecule has 3 atom stereocenters. The second kappa shape index (κ2) is 3.95. The lowest BCUT2D eigenvalue weighted by molar-refractivity contribution is -0.940. The summed E-state index contributed by atoms with van der Waals surface area (Å²) in [6, 6.07) is 11.1. The second-order valence-electron chi connectivity index (χ2n) is 5.77. The van der Waals surface area contributed by atoms with Crippen LogP contribution in [-0.2, 0) is 4.79 Å². The first-order valence-electron chi connectivity index (χ1n) is 6.62. The van der Waals surface area contributed by atoms with Crippen LogP contribution in [0.4, 0.5) is 0 Å². The van der Waals surface area contributed by atoms with Crippen molar-refractivity contribution in [2.24, 2.45) is 5.92 Å². The fraction of sp³-hybridized carbons (Fsp3) is 0.533. The van der Waals surface area contributed by atoms with Crippen LogP contribution in [0, 0.1) is 5.92 Å². The summed E-state index contributed by atoms with van der Waals surface area (Å²) >= 11 is 0. The third-order valence-corrected chi connectivity index (χ3v) is 4.72. The van der Waals surface area contributed by atoms with E-state index in [0.717, 1.165) is 17.4 Å². The predicted molar refractivity (Wildman–Crippen MR) is 67.4 cm³/mol. The van der Waals surface area contributed by atoms with Gasteiger partial charge < -0.3 is 4.48 Å². The first-order chi connectivity index (χ1) is 8.20. The molecule has 2 nitrogen and oxygen atoms in total. The third kappa shape index (κ3) is 1.81. The number of hydrogen-bond donors (Lipinski definition) is 0. The van der Waals surface area contributed by atoms with Gasteiger partial charge in [0.05, 0.1) is 13.1 Å². The summed E-state index contributed by atoms with van der Waals surface area (Å²) in [5.41, 5.74) is 1.38. The summed E-state index contributed by atoms with van der Waals surface area (Å²) in [6.07, 6.45) is 2.07. The molecule has 2 fully saturated rings. The van der Waals surface area contributed by atoms with Crippen LogP contribution in [0.25, 0.3) is 0 Å². The van der Waals surface area contributed by atoms with Crippen LogP contribution in [0.15, 0.2) is 30.3 Å². The Labute approximate surface area is 103 Å². The quantitative estimate of drug-likeness (QED) is 0.714. The van der Waals surface area contributed by atoms with Crippen molar-refractivity contribution in [2.75, 3.05) is 19.6 Å². The molecular formula is C15H20NO+. The maximum absolute atomic E-state index is 11.8. The Kier molecular flexibility index (Phi) is 2.55. The molecule has 0 spiro atoms. The van der Waals surface area contributed by atoms with Crippen molar-refractivity contribution in [2.45, 2.75) is 25.8 Å². The summed E-state index contributed by atoms with van der Waals surface area (Å²) in [6.45, 7) is 5.44. The first kappa shape index (κ1) is 11.0. The molecule has 1 aromatic rings. The topological polar surface area (TPSA) is 17.1 Å².